The zero-order valence-corrected chi connectivity index (χ0v) is 14.9. The van der Waals surface area contributed by atoms with Gasteiger partial charge in [0, 0.05) is 38.4 Å². The number of hydrogen-bond acceptors (Lipinski definition) is 3. The maximum absolute atomic E-state index is 12.9. The second-order valence-corrected chi connectivity index (χ2v) is 6.57. The molecule has 2 aromatic carbocycles. The molecule has 144 valence electrons. The Hall–Kier alpha value is -2.54. The monoisotopic (exact) mass is 377 g/mol. The molecule has 0 aromatic heterocycles. The Kier molecular flexibility index (Phi) is 6.01. The minimum atomic E-state index is -4.34. The molecule has 2 aromatic rings. The number of benzene rings is 2. The van der Waals surface area contributed by atoms with E-state index in [9.17, 15) is 18.0 Å². The quantitative estimate of drug-likeness (QED) is 0.870. The first kappa shape index (κ1) is 19.2. The summed E-state index contributed by atoms with van der Waals surface area (Å²) >= 11 is 0. The van der Waals surface area contributed by atoms with Crippen LogP contribution in [0.15, 0.2) is 54.6 Å². The van der Waals surface area contributed by atoms with Gasteiger partial charge in [0.05, 0.1) is 12.1 Å². The zero-order valence-electron chi connectivity index (χ0n) is 14.9. The standard InChI is InChI=1S/C20H22F3N3O/c21-20(22,23)17-7-4-8-18(13-17)26-11-9-25(10-12-26)15-19(27)24-14-16-5-2-1-3-6-16/h1-8,13H,9-12,14-15H2,(H,24,27). The van der Waals surface area contributed by atoms with E-state index in [0.717, 1.165) is 11.6 Å². The Morgan fingerprint density at radius 3 is 2.33 bits per heavy atom. The van der Waals surface area contributed by atoms with Gasteiger partial charge in [0.1, 0.15) is 0 Å². The maximum atomic E-state index is 12.9. The third kappa shape index (κ3) is 5.47. The fourth-order valence-corrected chi connectivity index (χ4v) is 3.10. The van der Waals surface area contributed by atoms with Crippen LogP contribution >= 0.6 is 0 Å². The molecule has 4 nitrogen and oxygen atoms in total. The molecule has 0 saturated carbocycles. The molecule has 27 heavy (non-hydrogen) atoms. The van der Waals surface area contributed by atoms with E-state index >= 15 is 0 Å². The summed E-state index contributed by atoms with van der Waals surface area (Å²) in [5.41, 5.74) is 0.973. The summed E-state index contributed by atoms with van der Waals surface area (Å²) in [6.45, 7) is 3.23. The van der Waals surface area contributed by atoms with Gasteiger partial charge in [0.15, 0.2) is 0 Å². The number of amides is 1. The number of piperazine rings is 1. The van der Waals surface area contributed by atoms with Gasteiger partial charge in [-0.15, -0.1) is 0 Å². The van der Waals surface area contributed by atoms with Gasteiger partial charge in [0.25, 0.3) is 0 Å². The molecule has 7 heteroatoms. The van der Waals surface area contributed by atoms with Gasteiger partial charge in [0.2, 0.25) is 5.91 Å². The van der Waals surface area contributed by atoms with Gasteiger partial charge in [-0.2, -0.15) is 13.2 Å². The van der Waals surface area contributed by atoms with Gasteiger partial charge >= 0.3 is 6.18 Å². The van der Waals surface area contributed by atoms with Gasteiger partial charge in [-0.3, -0.25) is 9.69 Å². The van der Waals surface area contributed by atoms with E-state index in [1.165, 1.54) is 12.1 Å². The minimum Gasteiger partial charge on any atom is -0.369 e. The minimum absolute atomic E-state index is 0.0497. The van der Waals surface area contributed by atoms with Gasteiger partial charge < -0.3 is 10.2 Å². The Labute approximate surface area is 156 Å². The number of nitrogens with zero attached hydrogens (tertiary/aromatic N) is 2. The van der Waals surface area contributed by atoms with E-state index in [4.69, 9.17) is 0 Å². The highest BCUT2D eigenvalue weighted by molar-refractivity contribution is 5.78. The number of anilines is 1. The van der Waals surface area contributed by atoms with Crippen molar-refractivity contribution in [3.63, 3.8) is 0 Å². The molecule has 0 bridgehead atoms. The lowest BCUT2D eigenvalue weighted by Crippen LogP contribution is -2.49. The third-order valence-electron chi connectivity index (χ3n) is 4.61. The fourth-order valence-electron chi connectivity index (χ4n) is 3.10. The zero-order chi connectivity index (χ0) is 19.3. The van der Waals surface area contributed by atoms with E-state index in [1.807, 2.05) is 40.1 Å². The molecule has 1 N–H and O–H groups in total. The van der Waals surface area contributed by atoms with E-state index in [0.29, 0.717) is 45.0 Å². The molecule has 0 unspecified atom stereocenters. The third-order valence-corrected chi connectivity index (χ3v) is 4.61. The van der Waals surface area contributed by atoms with Crippen molar-refractivity contribution in [2.45, 2.75) is 12.7 Å². The van der Waals surface area contributed by atoms with Crippen molar-refractivity contribution >= 4 is 11.6 Å². The summed E-state index contributed by atoms with van der Waals surface area (Å²) in [6.07, 6.45) is -4.34. The molecule has 1 aliphatic heterocycles. The summed E-state index contributed by atoms with van der Waals surface area (Å²) in [4.78, 5) is 16.0. The Bertz CT molecular complexity index is 757. The number of rotatable bonds is 5. The molecule has 0 aliphatic carbocycles. The highest BCUT2D eigenvalue weighted by atomic mass is 19.4. The summed E-state index contributed by atoms with van der Waals surface area (Å²) in [6, 6.07) is 15.1. The van der Waals surface area contributed by atoms with Crippen LogP contribution in [0.25, 0.3) is 0 Å². The lowest BCUT2D eigenvalue weighted by Gasteiger charge is -2.36. The topological polar surface area (TPSA) is 35.6 Å². The molecule has 0 atom stereocenters. The first-order valence-electron chi connectivity index (χ1n) is 8.87. The molecular weight excluding hydrogens is 355 g/mol. The number of hydrogen-bond donors (Lipinski definition) is 1. The van der Waals surface area contributed by atoms with Gasteiger partial charge in [-0.1, -0.05) is 36.4 Å². The largest absolute Gasteiger partial charge is 0.416 e. The van der Waals surface area contributed by atoms with Crippen molar-refractivity contribution < 1.29 is 18.0 Å². The second kappa shape index (κ2) is 8.43. The molecule has 0 radical (unpaired) electrons. The van der Waals surface area contributed by atoms with Crippen molar-refractivity contribution in [2.24, 2.45) is 0 Å². The van der Waals surface area contributed by atoms with Crippen molar-refractivity contribution in [1.29, 1.82) is 0 Å². The van der Waals surface area contributed by atoms with Crippen LogP contribution in [0.2, 0.25) is 0 Å². The molecule has 1 fully saturated rings. The molecule has 1 saturated heterocycles. The van der Waals surface area contributed by atoms with Crippen LogP contribution in [0.4, 0.5) is 18.9 Å². The van der Waals surface area contributed by atoms with Crippen LogP contribution in [-0.2, 0) is 17.5 Å². The number of halogens is 3. The number of carbonyl (C=O) groups is 1. The molecule has 0 spiro atoms. The maximum Gasteiger partial charge on any atom is 0.416 e. The Balaban J connectivity index is 1.47. The van der Waals surface area contributed by atoms with Gasteiger partial charge in [-0.05, 0) is 23.8 Å². The average Bonchev–Trinajstić information content (AvgIpc) is 2.67. The molecular formula is C20H22F3N3O. The van der Waals surface area contributed by atoms with E-state index in [2.05, 4.69) is 5.32 Å². The highest BCUT2D eigenvalue weighted by Gasteiger charge is 2.31. The molecule has 1 aliphatic rings. The lowest BCUT2D eigenvalue weighted by molar-refractivity contribution is -0.137. The van der Waals surface area contributed by atoms with Crippen LogP contribution in [0.5, 0.6) is 0 Å². The van der Waals surface area contributed by atoms with Crippen LogP contribution < -0.4 is 10.2 Å². The normalized spacial score (nSPS) is 15.6. The number of alkyl halides is 3. The Morgan fingerprint density at radius 2 is 1.67 bits per heavy atom. The Morgan fingerprint density at radius 1 is 0.963 bits per heavy atom. The van der Waals surface area contributed by atoms with E-state index < -0.39 is 11.7 Å². The second-order valence-electron chi connectivity index (χ2n) is 6.57. The lowest BCUT2D eigenvalue weighted by atomic mass is 10.1. The summed E-state index contributed by atoms with van der Waals surface area (Å²) in [5, 5.41) is 2.89. The predicted molar refractivity (Wildman–Crippen MR) is 98.4 cm³/mol. The molecule has 1 heterocycles. The predicted octanol–water partition coefficient (Wildman–Crippen LogP) is 3.14. The van der Waals surface area contributed by atoms with Crippen LogP contribution in [-0.4, -0.2) is 43.5 Å². The van der Waals surface area contributed by atoms with Crippen molar-refractivity contribution in [2.75, 3.05) is 37.6 Å². The van der Waals surface area contributed by atoms with Gasteiger partial charge in [-0.25, -0.2) is 0 Å². The van der Waals surface area contributed by atoms with Crippen molar-refractivity contribution in [3.05, 3.63) is 65.7 Å². The summed E-state index contributed by atoms with van der Waals surface area (Å²) < 4.78 is 38.6. The highest BCUT2D eigenvalue weighted by Crippen LogP contribution is 2.31. The number of nitrogens with one attached hydrogen (secondary N) is 1. The summed E-state index contributed by atoms with van der Waals surface area (Å²) in [7, 11) is 0. The fraction of sp³-hybridized carbons (Fsp3) is 0.350. The smallest absolute Gasteiger partial charge is 0.369 e. The van der Waals surface area contributed by atoms with Crippen molar-refractivity contribution in [1.82, 2.24) is 10.2 Å². The average molecular weight is 377 g/mol. The summed E-state index contributed by atoms with van der Waals surface area (Å²) in [5.74, 6) is -0.0497. The number of carbonyl (C=O) groups excluding carboxylic acids is 1. The molecule has 1 amide bonds. The SMILES string of the molecule is O=C(CN1CCN(c2cccc(C(F)(F)F)c2)CC1)NCc1ccccc1. The molecule has 3 rings (SSSR count). The van der Waals surface area contributed by atoms with Crippen LogP contribution in [0, 0.1) is 0 Å². The first-order valence-corrected chi connectivity index (χ1v) is 8.87. The van der Waals surface area contributed by atoms with E-state index in [-0.39, 0.29) is 5.91 Å². The van der Waals surface area contributed by atoms with Crippen LogP contribution in [0.3, 0.4) is 0 Å². The van der Waals surface area contributed by atoms with Crippen molar-refractivity contribution in [3.8, 4) is 0 Å². The van der Waals surface area contributed by atoms with E-state index in [1.54, 1.807) is 6.07 Å². The van der Waals surface area contributed by atoms with Crippen LogP contribution in [0.1, 0.15) is 11.1 Å². The first-order chi connectivity index (χ1) is 12.9.